The van der Waals surface area contributed by atoms with Crippen molar-refractivity contribution in [3.05, 3.63) is 32.4 Å². The van der Waals surface area contributed by atoms with Crippen LogP contribution in [0.4, 0.5) is 0 Å². The van der Waals surface area contributed by atoms with E-state index in [1.54, 1.807) is 6.07 Å². The summed E-state index contributed by atoms with van der Waals surface area (Å²) >= 11 is 8.20. The van der Waals surface area contributed by atoms with Crippen molar-refractivity contribution in [2.75, 3.05) is 7.05 Å². The lowest BCUT2D eigenvalue weighted by Crippen LogP contribution is -2.55. The molecule has 1 aromatic carbocycles. The summed E-state index contributed by atoms with van der Waals surface area (Å²) < 4.78 is 0.947. The Bertz CT molecular complexity index is 537. The molecule has 0 aromatic heterocycles. The van der Waals surface area contributed by atoms with Crippen LogP contribution in [-0.4, -0.2) is 36.0 Å². The molecule has 2 heterocycles. The highest BCUT2D eigenvalue weighted by Crippen LogP contribution is 2.32. The van der Waals surface area contributed by atoms with Crippen LogP contribution in [0.15, 0.2) is 18.2 Å². The van der Waals surface area contributed by atoms with Crippen LogP contribution in [0.25, 0.3) is 0 Å². The van der Waals surface area contributed by atoms with Crippen molar-refractivity contribution in [2.45, 2.75) is 50.2 Å². The summed E-state index contributed by atoms with van der Waals surface area (Å²) in [5, 5.41) is 3.84. The Balaban J connectivity index is 1.69. The van der Waals surface area contributed by atoms with Crippen molar-refractivity contribution < 1.29 is 4.79 Å². The number of rotatable bonds is 2. The third-order valence-electron chi connectivity index (χ3n) is 4.85. The number of piperidine rings is 2. The number of carbonyl (C=O) groups is 1. The SMILES string of the molecule is CN1C2CCCC1CC(NC(=O)c1cc(Cl)ccc1I)C2. The number of amides is 1. The highest BCUT2D eigenvalue weighted by molar-refractivity contribution is 14.1. The largest absolute Gasteiger partial charge is 0.349 e. The molecule has 2 saturated heterocycles. The van der Waals surface area contributed by atoms with E-state index in [0.29, 0.717) is 28.7 Å². The molecule has 1 aromatic rings. The molecule has 2 atom stereocenters. The van der Waals surface area contributed by atoms with Gasteiger partial charge in [0.25, 0.3) is 5.91 Å². The van der Waals surface area contributed by atoms with Gasteiger partial charge < -0.3 is 10.2 Å². The molecule has 114 valence electrons. The molecule has 1 N–H and O–H groups in total. The van der Waals surface area contributed by atoms with Gasteiger partial charge in [0.15, 0.2) is 0 Å². The fraction of sp³-hybridized carbons (Fsp3) is 0.562. The van der Waals surface area contributed by atoms with E-state index in [-0.39, 0.29) is 5.91 Å². The number of carbonyl (C=O) groups excluding carboxylic acids is 1. The lowest BCUT2D eigenvalue weighted by atomic mass is 9.82. The highest BCUT2D eigenvalue weighted by atomic mass is 127. The van der Waals surface area contributed by atoms with E-state index >= 15 is 0 Å². The zero-order chi connectivity index (χ0) is 15.0. The van der Waals surface area contributed by atoms with E-state index in [0.717, 1.165) is 16.4 Å². The Labute approximate surface area is 144 Å². The fourth-order valence-electron chi connectivity index (χ4n) is 3.67. The van der Waals surface area contributed by atoms with Crippen LogP contribution in [0.5, 0.6) is 0 Å². The second kappa shape index (κ2) is 6.42. The van der Waals surface area contributed by atoms with Gasteiger partial charge in [0.2, 0.25) is 0 Å². The van der Waals surface area contributed by atoms with Crippen molar-refractivity contribution in [1.29, 1.82) is 0 Å². The molecular formula is C16H20ClIN2O. The van der Waals surface area contributed by atoms with Crippen LogP contribution < -0.4 is 5.32 Å². The normalized spacial score (nSPS) is 29.2. The average molecular weight is 419 g/mol. The first-order valence-corrected chi connectivity index (χ1v) is 8.98. The number of halogens is 2. The maximum atomic E-state index is 12.5. The average Bonchev–Trinajstić information content (AvgIpc) is 2.42. The van der Waals surface area contributed by atoms with E-state index in [9.17, 15) is 4.79 Å². The van der Waals surface area contributed by atoms with Gasteiger partial charge in [-0.3, -0.25) is 4.79 Å². The molecule has 2 unspecified atom stereocenters. The summed E-state index contributed by atoms with van der Waals surface area (Å²) in [6, 6.07) is 7.01. The van der Waals surface area contributed by atoms with Gasteiger partial charge in [0.1, 0.15) is 0 Å². The predicted octanol–water partition coefficient (Wildman–Crippen LogP) is 3.69. The molecule has 0 saturated carbocycles. The summed E-state index contributed by atoms with van der Waals surface area (Å²) in [5.74, 6) is 0.00882. The first-order chi connectivity index (χ1) is 10.0. The van der Waals surface area contributed by atoms with Gasteiger partial charge >= 0.3 is 0 Å². The fourth-order valence-corrected chi connectivity index (χ4v) is 4.42. The predicted molar refractivity (Wildman–Crippen MR) is 93.8 cm³/mol. The quantitative estimate of drug-likeness (QED) is 0.743. The number of nitrogens with zero attached hydrogens (tertiary/aromatic N) is 1. The van der Waals surface area contributed by atoms with E-state index in [4.69, 9.17) is 11.6 Å². The molecule has 0 radical (unpaired) electrons. The van der Waals surface area contributed by atoms with Gasteiger partial charge in [-0.25, -0.2) is 0 Å². The number of fused-ring (bicyclic) bond motifs is 2. The molecule has 3 rings (SSSR count). The van der Waals surface area contributed by atoms with Crippen molar-refractivity contribution >= 4 is 40.1 Å². The topological polar surface area (TPSA) is 32.3 Å². The third kappa shape index (κ3) is 3.37. The van der Waals surface area contributed by atoms with E-state index in [1.165, 1.54) is 19.3 Å². The van der Waals surface area contributed by atoms with Gasteiger partial charge in [-0.05, 0) is 73.5 Å². The van der Waals surface area contributed by atoms with Crippen LogP contribution in [0, 0.1) is 3.57 Å². The molecule has 2 bridgehead atoms. The molecule has 2 aliphatic heterocycles. The van der Waals surface area contributed by atoms with Crippen molar-refractivity contribution in [3.63, 3.8) is 0 Å². The highest BCUT2D eigenvalue weighted by Gasteiger charge is 2.36. The minimum atomic E-state index is 0.00882. The number of hydrogen-bond donors (Lipinski definition) is 1. The first kappa shape index (κ1) is 15.6. The lowest BCUT2D eigenvalue weighted by Gasteiger charge is -2.47. The van der Waals surface area contributed by atoms with E-state index < -0.39 is 0 Å². The Kier molecular flexibility index (Phi) is 4.76. The molecule has 21 heavy (non-hydrogen) atoms. The van der Waals surface area contributed by atoms with Crippen molar-refractivity contribution in [1.82, 2.24) is 10.2 Å². The van der Waals surface area contributed by atoms with E-state index in [1.807, 2.05) is 12.1 Å². The van der Waals surface area contributed by atoms with Gasteiger partial charge in [-0.15, -0.1) is 0 Å². The molecular weight excluding hydrogens is 399 g/mol. The lowest BCUT2D eigenvalue weighted by molar-refractivity contribution is 0.0463. The Morgan fingerprint density at radius 1 is 1.33 bits per heavy atom. The summed E-state index contributed by atoms with van der Waals surface area (Å²) in [5.41, 5.74) is 0.687. The molecule has 1 amide bonds. The van der Waals surface area contributed by atoms with Gasteiger partial charge in [0, 0.05) is 26.7 Å². The number of hydrogen-bond acceptors (Lipinski definition) is 2. The molecule has 0 spiro atoms. The molecule has 2 aliphatic rings. The van der Waals surface area contributed by atoms with Crippen molar-refractivity contribution in [2.24, 2.45) is 0 Å². The number of nitrogens with one attached hydrogen (secondary N) is 1. The summed E-state index contributed by atoms with van der Waals surface area (Å²) in [7, 11) is 2.23. The summed E-state index contributed by atoms with van der Waals surface area (Å²) in [6.07, 6.45) is 5.97. The summed E-state index contributed by atoms with van der Waals surface area (Å²) in [6.45, 7) is 0. The maximum absolute atomic E-state index is 12.5. The second-order valence-corrected chi connectivity index (χ2v) is 7.77. The third-order valence-corrected chi connectivity index (χ3v) is 6.02. The van der Waals surface area contributed by atoms with Gasteiger partial charge in [-0.1, -0.05) is 18.0 Å². The Morgan fingerprint density at radius 3 is 2.67 bits per heavy atom. The minimum absolute atomic E-state index is 0.00882. The maximum Gasteiger partial charge on any atom is 0.252 e. The Morgan fingerprint density at radius 2 is 2.00 bits per heavy atom. The van der Waals surface area contributed by atoms with Crippen LogP contribution >= 0.6 is 34.2 Å². The van der Waals surface area contributed by atoms with Crippen LogP contribution in [0.3, 0.4) is 0 Å². The van der Waals surface area contributed by atoms with Gasteiger partial charge in [-0.2, -0.15) is 0 Å². The second-order valence-electron chi connectivity index (χ2n) is 6.17. The van der Waals surface area contributed by atoms with Crippen LogP contribution in [0.1, 0.15) is 42.5 Å². The monoisotopic (exact) mass is 418 g/mol. The van der Waals surface area contributed by atoms with Gasteiger partial charge in [0.05, 0.1) is 5.56 Å². The molecule has 0 aliphatic carbocycles. The zero-order valence-corrected chi connectivity index (χ0v) is 15.0. The van der Waals surface area contributed by atoms with Crippen molar-refractivity contribution in [3.8, 4) is 0 Å². The number of benzene rings is 1. The summed E-state index contributed by atoms with van der Waals surface area (Å²) in [4.78, 5) is 15.0. The van der Waals surface area contributed by atoms with Crippen LogP contribution in [0.2, 0.25) is 5.02 Å². The van der Waals surface area contributed by atoms with E-state index in [2.05, 4.69) is 39.9 Å². The van der Waals surface area contributed by atoms with Crippen LogP contribution in [-0.2, 0) is 0 Å². The molecule has 2 fully saturated rings. The first-order valence-electron chi connectivity index (χ1n) is 7.52. The standard InChI is InChI=1S/C16H20ClIN2O/c1-20-12-3-2-4-13(20)9-11(8-12)19-16(21)14-7-10(17)5-6-15(14)18/h5-7,11-13H,2-4,8-9H2,1H3,(H,19,21). The smallest absolute Gasteiger partial charge is 0.252 e. The molecule has 5 heteroatoms. The Hall–Kier alpha value is -0.330. The molecule has 3 nitrogen and oxygen atoms in total. The zero-order valence-electron chi connectivity index (χ0n) is 12.1. The minimum Gasteiger partial charge on any atom is -0.349 e.